The lowest BCUT2D eigenvalue weighted by atomic mass is 10.1. The van der Waals surface area contributed by atoms with Gasteiger partial charge in [-0.15, -0.1) is 0 Å². The molecule has 0 aromatic heterocycles. The molecular formula is C21H24N2O4S. The SMILES string of the molecule is COc1cc(C(=O)N2CCN=C2SCc2ccccc2C)cc(OC)c1OC. The molecule has 0 N–H and O–H groups in total. The van der Waals surface area contributed by atoms with Crippen LogP contribution in [-0.4, -0.2) is 50.4 Å². The Balaban J connectivity index is 1.80. The number of thioether (sulfide) groups is 1. The number of aliphatic imine (C=N–C) groups is 1. The molecule has 0 spiro atoms. The zero-order valence-electron chi connectivity index (χ0n) is 16.5. The van der Waals surface area contributed by atoms with Crippen LogP contribution in [0.2, 0.25) is 0 Å². The van der Waals surface area contributed by atoms with Crippen LogP contribution in [-0.2, 0) is 5.75 Å². The molecule has 0 bridgehead atoms. The van der Waals surface area contributed by atoms with Crippen molar-refractivity contribution in [1.29, 1.82) is 0 Å². The number of carbonyl (C=O) groups is 1. The van der Waals surface area contributed by atoms with Crippen LogP contribution in [0.3, 0.4) is 0 Å². The minimum Gasteiger partial charge on any atom is -0.493 e. The van der Waals surface area contributed by atoms with Crippen molar-refractivity contribution in [2.45, 2.75) is 12.7 Å². The third-order valence-electron chi connectivity index (χ3n) is 4.58. The number of rotatable bonds is 6. The molecule has 0 saturated heterocycles. The second-order valence-corrected chi connectivity index (χ2v) is 7.19. The van der Waals surface area contributed by atoms with E-state index in [-0.39, 0.29) is 5.91 Å². The highest BCUT2D eigenvalue weighted by molar-refractivity contribution is 8.13. The third kappa shape index (κ3) is 4.09. The Labute approximate surface area is 169 Å². The Hall–Kier alpha value is -2.67. The average molecular weight is 401 g/mol. The molecule has 1 heterocycles. The number of aryl methyl sites for hydroxylation is 1. The Morgan fingerprint density at radius 3 is 2.39 bits per heavy atom. The smallest absolute Gasteiger partial charge is 0.260 e. The van der Waals surface area contributed by atoms with Crippen LogP contribution in [0.1, 0.15) is 21.5 Å². The van der Waals surface area contributed by atoms with Crippen molar-refractivity contribution < 1.29 is 19.0 Å². The minimum atomic E-state index is -0.132. The van der Waals surface area contributed by atoms with Gasteiger partial charge in [0.15, 0.2) is 16.7 Å². The van der Waals surface area contributed by atoms with E-state index in [0.29, 0.717) is 35.9 Å². The van der Waals surface area contributed by atoms with Crippen LogP contribution >= 0.6 is 11.8 Å². The molecule has 3 rings (SSSR count). The first kappa shape index (κ1) is 20.1. The molecular weight excluding hydrogens is 376 g/mol. The molecule has 1 aliphatic heterocycles. The summed E-state index contributed by atoms with van der Waals surface area (Å²) in [6.45, 7) is 3.25. The number of benzene rings is 2. The summed E-state index contributed by atoms with van der Waals surface area (Å²) in [4.78, 5) is 19.4. The van der Waals surface area contributed by atoms with Gasteiger partial charge in [0.1, 0.15) is 0 Å². The number of ether oxygens (including phenoxy) is 3. The van der Waals surface area contributed by atoms with Crippen molar-refractivity contribution in [2.24, 2.45) is 4.99 Å². The van der Waals surface area contributed by atoms with Crippen LogP contribution in [0.4, 0.5) is 0 Å². The Bertz CT molecular complexity index is 873. The zero-order chi connectivity index (χ0) is 20.1. The van der Waals surface area contributed by atoms with E-state index < -0.39 is 0 Å². The zero-order valence-corrected chi connectivity index (χ0v) is 17.3. The first-order valence-electron chi connectivity index (χ1n) is 8.92. The summed E-state index contributed by atoms with van der Waals surface area (Å²) in [6.07, 6.45) is 0. The number of nitrogens with zero attached hydrogens (tertiary/aromatic N) is 2. The van der Waals surface area contributed by atoms with E-state index in [1.54, 1.807) is 28.8 Å². The van der Waals surface area contributed by atoms with Crippen LogP contribution in [0.5, 0.6) is 17.2 Å². The van der Waals surface area contributed by atoms with Gasteiger partial charge in [0, 0.05) is 17.9 Å². The van der Waals surface area contributed by atoms with E-state index >= 15 is 0 Å². The van der Waals surface area contributed by atoms with E-state index in [0.717, 1.165) is 10.9 Å². The van der Waals surface area contributed by atoms with Gasteiger partial charge in [-0.1, -0.05) is 36.0 Å². The second-order valence-electron chi connectivity index (χ2n) is 6.25. The number of amides is 1. The molecule has 2 aromatic rings. The van der Waals surface area contributed by atoms with Crippen molar-refractivity contribution in [3.8, 4) is 17.2 Å². The Morgan fingerprint density at radius 2 is 1.79 bits per heavy atom. The molecule has 0 radical (unpaired) electrons. The molecule has 7 heteroatoms. The van der Waals surface area contributed by atoms with Gasteiger partial charge in [-0.05, 0) is 30.2 Å². The highest BCUT2D eigenvalue weighted by Gasteiger charge is 2.27. The summed E-state index contributed by atoms with van der Waals surface area (Å²) in [6, 6.07) is 11.6. The second kappa shape index (κ2) is 9.01. The fourth-order valence-electron chi connectivity index (χ4n) is 3.01. The summed E-state index contributed by atoms with van der Waals surface area (Å²) < 4.78 is 16.1. The molecule has 0 fully saturated rings. The van der Waals surface area contributed by atoms with Crippen LogP contribution in [0, 0.1) is 6.92 Å². The fraction of sp³-hybridized carbons (Fsp3) is 0.333. The fourth-order valence-corrected chi connectivity index (χ4v) is 4.13. The third-order valence-corrected chi connectivity index (χ3v) is 5.64. The number of hydrogen-bond donors (Lipinski definition) is 0. The maximum absolute atomic E-state index is 13.2. The van der Waals surface area contributed by atoms with E-state index in [1.807, 2.05) is 12.1 Å². The maximum Gasteiger partial charge on any atom is 0.260 e. The summed E-state index contributed by atoms with van der Waals surface area (Å²) in [5.74, 6) is 2.01. The summed E-state index contributed by atoms with van der Waals surface area (Å²) in [5.41, 5.74) is 2.94. The van der Waals surface area contributed by atoms with Crippen molar-refractivity contribution in [3.05, 3.63) is 53.1 Å². The van der Waals surface area contributed by atoms with Gasteiger partial charge in [-0.25, -0.2) is 0 Å². The molecule has 1 aliphatic rings. The Kier molecular flexibility index (Phi) is 6.46. The molecule has 6 nitrogen and oxygen atoms in total. The van der Waals surface area contributed by atoms with Crippen LogP contribution in [0.15, 0.2) is 41.4 Å². The largest absolute Gasteiger partial charge is 0.493 e. The van der Waals surface area contributed by atoms with Gasteiger partial charge < -0.3 is 14.2 Å². The van der Waals surface area contributed by atoms with E-state index in [2.05, 4.69) is 24.0 Å². The van der Waals surface area contributed by atoms with Gasteiger partial charge >= 0.3 is 0 Å². The monoisotopic (exact) mass is 400 g/mol. The van der Waals surface area contributed by atoms with E-state index in [1.165, 1.54) is 32.5 Å². The van der Waals surface area contributed by atoms with Crippen LogP contribution in [0.25, 0.3) is 0 Å². The quantitative estimate of drug-likeness (QED) is 0.739. The minimum absolute atomic E-state index is 0.132. The average Bonchev–Trinajstić information content (AvgIpc) is 3.20. The van der Waals surface area contributed by atoms with Gasteiger partial charge in [0.25, 0.3) is 5.91 Å². The lowest BCUT2D eigenvalue weighted by molar-refractivity contribution is 0.0860. The lowest BCUT2D eigenvalue weighted by Crippen LogP contribution is -2.32. The van der Waals surface area contributed by atoms with E-state index in [4.69, 9.17) is 14.2 Å². The molecule has 0 saturated carbocycles. The first-order chi connectivity index (χ1) is 13.6. The molecule has 1 amide bonds. The maximum atomic E-state index is 13.2. The number of hydrogen-bond acceptors (Lipinski definition) is 6. The van der Waals surface area contributed by atoms with Gasteiger partial charge in [0.2, 0.25) is 5.75 Å². The summed E-state index contributed by atoms with van der Waals surface area (Å²) in [7, 11) is 4.61. The topological polar surface area (TPSA) is 60.4 Å². The molecule has 0 unspecified atom stereocenters. The molecule has 2 aromatic carbocycles. The van der Waals surface area contributed by atoms with Crippen molar-refractivity contribution in [2.75, 3.05) is 34.4 Å². The van der Waals surface area contributed by atoms with Gasteiger partial charge in [-0.3, -0.25) is 14.7 Å². The predicted octanol–water partition coefficient (Wildman–Crippen LogP) is 3.77. The molecule has 28 heavy (non-hydrogen) atoms. The summed E-state index contributed by atoms with van der Waals surface area (Å²) >= 11 is 1.58. The molecule has 148 valence electrons. The molecule has 0 aliphatic carbocycles. The highest BCUT2D eigenvalue weighted by atomic mass is 32.2. The van der Waals surface area contributed by atoms with E-state index in [9.17, 15) is 4.79 Å². The molecule has 0 atom stereocenters. The normalized spacial score (nSPS) is 13.3. The van der Waals surface area contributed by atoms with Crippen molar-refractivity contribution in [1.82, 2.24) is 4.90 Å². The standard InChI is InChI=1S/C21H24N2O4S/c1-14-7-5-6-8-15(14)13-28-21-22-9-10-23(21)20(24)16-11-17(25-2)19(27-4)18(12-16)26-3/h5-8,11-12H,9-10,13H2,1-4H3. The van der Waals surface area contributed by atoms with Gasteiger partial charge in [0.05, 0.1) is 27.9 Å². The number of methoxy groups -OCH3 is 3. The van der Waals surface area contributed by atoms with Crippen LogP contribution < -0.4 is 14.2 Å². The number of carbonyl (C=O) groups excluding carboxylic acids is 1. The first-order valence-corrected chi connectivity index (χ1v) is 9.91. The lowest BCUT2D eigenvalue weighted by Gasteiger charge is -2.20. The van der Waals surface area contributed by atoms with Gasteiger partial charge in [-0.2, -0.15) is 0 Å². The Morgan fingerprint density at radius 1 is 1.11 bits per heavy atom. The predicted molar refractivity (Wildman–Crippen MR) is 112 cm³/mol. The summed E-state index contributed by atoms with van der Waals surface area (Å²) in [5, 5.41) is 0.738. The highest BCUT2D eigenvalue weighted by Crippen LogP contribution is 2.38. The van der Waals surface area contributed by atoms with Crippen molar-refractivity contribution >= 4 is 22.8 Å². The number of amidine groups is 1. The van der Waals surface area contributed by atoms with Crippen molar-refractivity contribution in [3.63, 3.8) is 0 Å².